The summed E-state index contributed by atoms with van der Waals surface area (Å²) in [5.74, 6) is -1.34. The number of alkyl halides is 1. The average Bonchev–Trinajstić information content (AvgIpc) is 2.26. The highest BCUT2D eigenvalue weighted by molar-refractivity contribution is 9.08. The van der Waals surface area contributed by atoms with Crippen molar-refractivity contribution >= 4 is 21.9 Å². The van der Waals surface area contributed by atoms with Gasteiger partial charge in [-0.3, -0.25) is 0 Å². The lowest BCUT2D eigenvalue weighted by atomic mass is 10.1. The number of benzene rings is 1. The number of ether oxygens (including phenoxy) is 1. The predicted molar refractivity (Wildman–Crippen MR) is 55.1 cm³/mol. The van der Waals surface area contributed by atoms with Crippen molar-refractivity contribution in [1.82, 2.24) is 0 Å². The first-order valence-electron chi connectivity index (χ1n) is 4.00. The Bertz CT molecular complexity index is 440. The Kier molecular flexibility index (Phi) is 3.81. The Morgan fingerprint density at radius 2 is 2.33 bits per heavy atom. The summed E-state index contributed by atoms with van der Waals surface area (Å²) >= 11 is 3.12. The molecule has 0 aliphatic carbocycles. The van der Waals surface area contributed by atoms with E-state index < -0.39 is 11.8 Å². The molecule has 0 radical (unpaired) electrons. The van der Waals surface area contributed by atoms with Gasteiger partial charge in [-0.1, -0.05) is 15.9 Å². The summed E-state index contributed by atoms with van der Waals surface area (Å²) in [5, 5.41) is 8.99. The van der Waals surface area contributed by atoms with E-state index >= 15 is 0 Å². The fourth-order valence-corrected chi connectivity index (χ4v) is 1.57. The molecule has 15 heavy (non-hydrogen) atoms. The molecule has 1 aromatic carbocycles. The molecule has 0 aromatic heterocycles. The van der Waals surface area contributed by atoms with Gasteiger partial charge >= 0.3 is 5.97 Å². The smallest absolute Gasteiger partial charge is 0.337 e. The van der Waals surface area contributed by atoms with E-state index in [4.69, 9.17) is 5.26 Å². The molecule has 0 atom stereocenters. The Morgan fingerprint density at radius 3 is 2.80 bits per heavy atom. The molecular weight excluding hydrogens is 265 g/mol. The van der Waals surface area contributed by atoms with Crippen LogP contribution in [0.5, 0.6) is 0 Å². The maximum Gasteiger partial charge on any atom is 0.337 e. The van der Waals surface area contributed by atoms with Gasteiger partial charge in [-0.25, -0.2) is 9.18 Å². The van der Waals surface area contributed by atoms with Gasteiger partial charge in [0.05, 0.1) is 18.2 Å². The van der Waals surface area contributed by atoms with Crippen molar-refractivity contribution in [3.63, 3.8) is 0 Å². The fraction of sp³-hybridized carbons (Fsp3) is 0.200. The molecule has 0 fully saturated rings. The van der Waals surface area contributed by atoms with E-state index in [1.807, 2.05) is 0 Å². The quantitative estimate of drug-likeness (QED) is 0.613. The summed E-state index contributed by atoms with van der Waals surface area (Å²) in [4.78, 5) is 11.1. The minimum atomic E-state index is -0.713. The molecule has 1 aromatic rings. The lowest BCUT2D eigenvalue weighted by molar-refractivity contribution is 0.0600. The van der Waals surface area contributed by atoms with Crippen molar-refractivity contribution in [3.8, 4) is 6.07 Å². The predicted octanol–water partition coefficient (Wildman–Crippen LogP) is 2.38. The van der Waals surface area contributed by atoms with Crippen molar-refractivity contribution in [2.24, 2.45) is 0 Å². The maximum absolute atomic E-state index is 13.3. The first-order chi connectivity index (χ1) is 7.13. The molecule has 0 aliphatic heterocycles. The highest BCUT2D eigenvalue weighted by Crippen LogP contribution is 2.19. The lowest BCUT2D eigenvalue weighted by Crippen LogP contribution is -2.04. The second-order valence-corrected chi connectivity index (χ2v) is 3.29. The lowest BCUT2D eigenvalue weighted by Gasteiger charge is -2.04. The fourth-order valence-electron chi connectivity index (χ4n) is 1.13. The number of halogens is 2. The summed E-state index contributed by atoms with van der Waals surface area (Å²) in [6.07, 6.45) is 0. The number of rotatable bonds is 2. The van der Waals surface area contributed by atoms with Crippen LogP contribution in [0.1, 0.15) is 21.5 Å². The standard InChI is InChI=1S/C10H7BrFNO2/c1-15-10(14)6-2-7(4-11)8(5-13)9(12)3-6/h2-3H,4H2,1H3. The van der Waals surface area contributed by atoms with Crippen molar-refractivity contribution in [2.75, 3.05) is 7.11 Å². The summed E-state index contributed by atoms with van der Waals surface area (Å²) in [5.41, 5.74) is 0.473. The highest BCUT2D eigenvalue weighted by Gasteiger charge is 2.14. The third-order valence-corrected chi connectivity index (χ3v) is 2.45. The maximum atomic E-state index is 13.3. The number of carbonyl (C=O) groups excluding carboxylic acids is 1. The molecule has 0 saturated heterocycles. The molecule has 0 spiro atoms. The highest BCUT2D eigenvalue weighted by atomic mass is 79.9. The van der Waals surface area contributed by atoms with E-state index in [-0.39, 0.29) is 11.1 Å². The normalized spacial score (nSPS) is 9.47. The Morgan fingerprint density at radius 1 is 1.67 bits per heavy atom. The van der Waals surface area contributed by atoms with E-state index in [1.165, 1.54) is 13.2 Å². The molecule has 3 nitrogen and oxygen atoms in total. The molecule has 5 heteroatoms. The van der Waals surface area contributed by atoms with Gasteiger partial charge in [0.2, 0.25) is 0 Å². The minimum Gasteiger partial charge on any atom is -0.465 e. The van der Waals surface area contributed by atoms with E-state index in [0.717, 1.165) is 6.07 Å². The number of hydrogen-bond donors (Lipinski definition) is 0. The van der Waals surface area contributed by atoms with Crippen LogP contribution in [0.15, 0.2) is 12.1 Å². The van der Waals surface area contributed by atoms with Crippen molar-refractivity contribution in [1.29, 1.82) is 5.26 Å². The van der Waals surface area contributed by atoms with Crippen LogP contribution in [0, 0.1) is 17.1 Å². The minimum absolute atomic E-state index is 0.0560. The third-order valence-electron chi connectivity index (χ3n) is 1.85. The second-order valence-electron chi connectivity index (χ2n) is 2.73. The van der Waals surface area contributed by atoms with Gasteiger partial charge in [-0.15, -0.1) is 0 Å². The zero-order chi connectivity index (χ0) is 11.4. The van der Waals surface area contributed by atoms with Crippen LogP contribution in [0.3, 0.4) is 0 Å². The molecule has 0 saturated carbocycles. The van der Waals surface area contributed by atoms with Gasteiger partial charge in [-0.2, -0.15) is 5.26 Å². The topological polar surface area (TPSA) is 50.1 Å². The molecule has 78 valence electrons. The van der Waals surface area contributed by atoms with E-state index in [1.54, 1.807) is 6.07 Å². The summed E-state index contributed by atoms with van der Waals surface area (Å²) in [6.45, 7) is 0. The van der Waals surface area contributed by atoms with E-state index in [2.05, 4.69) is 20.7 Å². The van der Waals surface area contributed by atoms with Crippen molar-refractivity contribution in [2.45, 2.75) is 5.33 Å². The van der Waals surface area contributed by atoms with Crippen LogP contribution in [0.25, 0.3) is 0 Å². The second kappa shape index (κ2) is 4.89. The molecule has 1 rings (SSSR count). The largest absolute Gasteiger partial charge is 0.465 e. The molecule has 0 bridgehead atoms. The van der Waals surface area contributed by atoms with Gasteiger partial charge < -0.3 is 4.74 Å². The average molecular weight is 272 g/mol. The van der Waals surface area contributed by atoms with Crippen LogP contribution < -0.4 is 0 Å². The monoisotopic (exact) mass is 271 g/mol. The summed E-state index contributed by atoms with van der Waals surface area (Å²) in [6, 6.07) is 4.17. The molecule has 0 amide bonds. The molecular formula is C10H7BrFNO2. The van der Waals surface area contributed by atoms with Gasteiger partial charge in [0.1, 0.15) is 11.9 Å². The van der Waals surface area contributed by atoms with E-state index in [0.29, 0.717) is 10.9 Å². The Labute approximate surface area is 94.6 Å². The molecule has 0 heterocycles. The number of nitriles is 1. The van der Waals surface area contributed by atoms with Crippen LogP contribution in [-0.2, 0) is 10.1 Å². The number of carbonyl (C=O) groups is 1. The molecule has 0 aliphatic rings. The Balaban J connectivity index is 3.33. The summed E-state index contributed by atoms with van der Waals surface area (Å²) < 4.78 is 17.8. The van der Waals surface area contributed by atoms with Gasteiger partial charge in [0.25, 0.3) is 0 Å². The van der Waals surface area contributed by atoms with E-state index in [9.17, 15) is 9.18 Å². The number of esters is 1. The SMILES string of the molecule is COC(=O)c1cc(F)c(C#N)c(CBr)c1. The summed E-state index contributed by atoms with van der Waals surface area (Å²) in [7, 11) is 1.21. The number of nitrogens with zero attached hydrogens (tertiary/aromatic N) is 1. The van der Waals surface area contributed by atoms with Crippen molar-refractivity contribution < 1.29 is 13.9 Å². The zero-order valence-electron chi connectivity index (χ0n) is 7.88. The Hall–Kier alpha value is -1.41. The van der Waals surface area contributed by atoms with Crippen LogP contribution in [-0.4, -0.2) is 13.1 Å². The number of hydrogen-bond acceptors (Lipinski definition) is 3. The molecule has 0 unspecified atom stereocenters. The van der Waals surface area contributed by atoms with Gasteiger partial charge in [-0.05, 0) is 17.7 Å². The van der Waals surface area contributed by atoms with Gasteiger partial charge in [0.15, 0.2) is 0 Å². The third kappa shape index (κ3) is 2.34. The molecule has 0 N–H and O–H groups in total. The van der Waals surface area contributed by atoms with Crippen LogP contribution in [0.2, 0.25) is 0 Å². The van der Waals surface area contributed by atoms with Crippen molar-refractivity contribution in [3.05, 3.63) is 34.6 Å². The first kappa shape index (κ1) is 11.7. The number of methoxy groups -OCH3 is 1. The van der Waals surface area contributed by atoms with Gasteiger partial charge in [0, 0.05) is 5.33 Å². The van der Waals surface area contributed by atoms with Crippen LogP contribution in [0.4, 0.5) is 4.39 Å². The first-order valence-corrected chi connectivity index (χ1v) is 5.13. The van der Waals surface area contributed by atoms with Crippen LogP contribution >= 0.6 is 15.9 Å². The zero-order valence-corrected chi connectivity index (χ0v) is 9.47.